The molecule has 0 saturated heterocycles. The number of nitrogens with one attached hydrogen (secondary N) is 1. The number of H-pyrrole nitrogens is 1. The molecule has 2 rings (SSSR count). The number of rotatable bonds is 6. The van der Waals surface area contributed by atoms with Gasteiger partial charge in [-0.25, -0.2) is 4.39 Å². The molecule has 0 aliphatic rings. The van der Waals surface area contributed by atoms with Crippen LogP contribution in [0.3, 0.4) is 0 Å². The molecule has 130 valence electrons. The van der Waals surface area contributed by atoms with E-state index in [1.807, 2.05) is 14.1 Å². The van der Waals surface area contributed by atoms with Crippen molar-refractivity contribution >= 4 is 16.8 Å². The molecule has 0 fully saturated rings. The Labute approximate surface area is 141 Å². The number of amides is 1. The Morgan fingerprint density at radius 2 is 1.79 bits per heavy atom. The second kappa shape index (κ2) is 7.57. The van der Waals surface area contributed by atoms with Crippen molar-refractivity contribution in [3.8, 4) is 0 Å². The van der Waals surface area contributed by atoms with Gasteiger partial charge in [-0.1, -0.05) is 0 Å². The van der Waals surface area contributed by atoms with Gasteiger partial charge in [0.1, 0.15) is 5.82 Å². The average molecular weight is 333 g/mol. The van der Waals surface area contributed by atoms with E-state index in [0.717, 1.165) is 19.4 Å². The molecule has 0 spiro atoms. The van der Waals surface area contributed by atoms with Crippen LogP contribution < -0.4 is 5.56 Å². The van der Waals surface area contributed by atoms with Gasteiger partial charge in [0.25, 0.3) is 5.91 Å². The van der Waals surface area contributed by atoms with Crippen molar-refractivity contribution in [2.24, 2.45) is 0 Å². The molecule has 5 nitrogen and oxygen atoms in total. The van der Waals surface area contributed by atoms with Gasteiger partial charge in [-0.3, -0.25) is 9.59 Å². The summed E-state index contributed by atoms with van der Waals surface area (Å²) >= 11 is 0. The summed E-state index contributed by atoms with van der Waals surface area (Å²) in [5.74, 6) is -0.786. The van der Waals surface area contributed by atoms with Crippen LogP contribution in [0.15, 0.2) is 23.0 Å². The number of hydrogen-bond donors (Lipinski definition) is 1. The lowest BCUT2D eigenvalue weighted by molar-refractivity contribution is 0.0794. The van der Waals surface area contributed by atoms with E-state index in [1.165, 1.54) is 12.1 Å². The Bertz CT molecular complexity index is 799. The fourth-order valence-electron chi connectivity index (χ4n) is 2.71. The predicted molar refractivity (Wildman–Crippen MR) is 94.0 cm³/mol. The highest BCUT2D eigenvalue weighted by molar-refractivity contribution is 6.06. The quantitative estimate of drug-likeness (QED) is 0.826. The number of pyridine rings is 1. The lowest BCUT2D eigenvalue weighted by Crippen LogP contribution is -2.29. The predicted octanol–water partition coefficient (Wildman–Crippen LogP) is 2.39. The van der Waals surface area contributed by atoms with Crippen molar-refractivity contribution < 1.29 is 9.18 Å². The maximum atomic E-state index is 14.1. The third-order valence-electron chi connectivity index (χ3n) is 3.97. The van der Waals surface area contributed by atoms with E-state index in [9.17, 15) is 14.0 Å². The van der Waals surface area contributed by atoms with Gasteiger partial charge in [0.2, 0.25) is 5.56 Å². The Kier molecular flexibility index (Phi) is 5.72. The van der Waals surface area contributed by atoms with E-state index in [2.05, 4.69) is 9.88 Å². The molecular weight excluding hydrogens is 309 g/mol. The summed E-state index contributed by atoms with van der Waals surface area (Å²) in [6.45, 7) is 3.31. The molecule has 0 atom stereocenters. The minimum absolute atomic E-state index is 0.0810. The minimum Gasteiger partial charge on any atom is -0.342 e. The van der Waals surface area contributed by atoms with Crippen LogP contribution in [0.25, 0.3) is 10.9 Å². The number of hydrogen-bond acceptors (Lipinski definition) is 3. The molecule has 0 aliphatic carbocycles. The Hall–Kier alpha value is -2.21. The van der Waals surface area contributed by atoms with E-state index in [4.69, 9.17) is 0 Å². The highest BCUT2D eigenvalue weighted by Crippen LogP contribution is 2.21. The van der Waals surface area contributed by atoms with E-state index < -0.39 is 11.4 Å². The summed E-state index contributed by atoms with van der Waals surface area (Å²) in [6.07, 6.45) is 1.85. The monoisotopic (exact) mass is 333 g/mol. The minimum atomic E-state index is -0.523. The maximum absolute atomic E-state index is 14.1. The number of carbonyl (C=O) groups is 1. The second-order valence-electron chi connectivity index (χ2n) is 6.45. The number of benzene rings is 1. The average Bonchev–Trinajstić information content (AvgIpc) is 2.50. The number of aromatic nitrogens is 1. The first kappa shape index (κ1) is 18.1. The molecule has 0 radical (unpaired) electrons. The zero-order valence-electron chi connectivity index (χ0n) is 14.6. The molecule has 0 saturated carbocycles. The first-order chi connectivity index (χ1) is 11.3. The fraction of sp³-hybridized carbons (Fsp3) is 0.444. The van der Waals surface area contributed by atoms with Gasteiger partial charge in [0, 0.05) is 25.0 Å². The summed E-state index contributed by atoms with van der Waals surface area (Å²) in [5.41, 5.74) is 0.549. The van der Waals surface area contributed by atoms with Gasteiger partial charge in [0.05, 0.1) is 11.1 Å². The summed E-state index contributed by atoms with van der Waals surface area (Å²) in [6, 6.07) is 4.32. The zero-order valence-corrected chi connectivity index (χ0v) is 14.6. The number of fused-ring (bicyclic) bond motifs is 1. The normalized spacial score (nSPS) is 11.2. The molecule has 1 amide bonds. The zero-order chi connectivity index (χ0) is 17.9. The SMILES string of the molecule is Cc1cc(F)c2[nH]c(=O)cc(C(=O)N(C)CCCCN(C)C)c2c1. The van der Waals surface area contributed by atoms with Gasteiger partial charge in [-0.05, 0) is 58.1 Å². The number of nitrogens with zero attached hydrogens (tertiary/aromatic N) is 2. The van der Waals surface area contributed by atoms with Crippen LogP contribution in [0, 0.1) is 12.7 Å². The molecule has 6 heteroatoms. The van der Waals surface area contributed by atoms with Crippen LogP contribution in [-0.4, -0.2) is 54.9 Å². The van der Waals surface area contributed by atoms with Crippen LogP contribution in [0.1, 0.15) is 28.8 Å². The molecule has 1 N–H and O–H groups in total. The second-order valence-corrected chi connectivity index (χ2v) is 6.45. The first-order valence-electron chi connectivity index (χ1n) is 8.03. The summed E-state index contributed by atoms with van der Waals surface area (Å²) in [5, 5.41) is 0.442. The van der Waals surface area contributed by atoms with E-state index in [1.54, 1.807) is 24.9 Å². The number of halogens is 1. The lowest BCUT2D eigenvalue weighted by atomic mass is 10.0. The van der Waals surface area contributed by atoms with Crippen molar-refractivity contribution in [2.75, 3.05) is 34.2 Å². The molecule has 0 unspecified atom stereocenters. The van der Waals surface area contributed by atoms with Gasteiger partial charge in [-0.15, -0.1) is 0 Å². The van der Waals surface area contributed by atoms with Crippen molar-refractivity contribution in [2.45, 2.75) is 19.8 Å². The topological polar surface area (TPSA) is 56.4 Å². The van der Waals surface area contributed by atoms with Crippen LogP contribution >= 0.6 is 0 Å². The first-order valence-corrected chi connectivity index (χ1v) is 8.03. The smallest absolute Gasteiger partial charge is 0.254 e. The highest BCUT2D eigenvalue weighted by Gasteiger charge is 2.17. The molecule has 0 aliphatic heterocycles. The highest BCUT2D eigenvalue weighted by atomic mass is 19.1. The molecule has 1 aromatic heterocycles. The van der Waals surface area contributed by atoms with Crippen LogP contribution in [-0.2, 0) is 0 Å². The van der Waals surface area contributed by atoms with E-state index in [-0.39, 0.29) is 17.0 Å². The van der Waals surface area contributed by atoms with Crippen molar-refractivity contribution in [1.82, 2.24) is 14.8 Å². The molecular formula is C18H24FN3O2. The number of carbonyl (C=O) groups excluding carboxylic acids is 1. The van der Waals surface area contributed by atoms with Crippen molar-refractivity contribution in [3.05, 3.63) is 45.5 Å². The third kappa shape index (κ3) is 4.20. The summed E-state index contributed by atoms with van der Waals surface area (Å²) in [7, 11) is 5.72. The van der Waals surface area contributed by atoms with E-state index >= 15 is 0 Å². The molecule has 24 heavy (non-hydrogen) atoms. The molecule has 1 heterocycles. The van der Waals surface area contributed by atoms with Gasteiger partial charge in [-0.2, -0.15) is 0 Å². The van der Waals surface area contributed by atoms with Crippen LogP contribution in [0.2, 0.25) is 0 Å². The molecule has 0 bridgehead atoms. The Morgan fingerprint density at radius 1 is 1.12 bits per heavy atom. The number of unbranched alkanes of at least 4 members (excludes halogenated alkanes) is 1. The van der Waals surface area contributed by atoms with Crippen molar-refractivity contribution in [3.63, 3.8) is 0 Å². The number of aromatic amines is 1. The van der Waals surface area contributed by atoms with Gasteiger partial charge >= 0.3 is 0 Å². The summed E-state index contributed by atoms with van der Waals surface area (Å²) in [4.78, 5) is 30.7. The molecule has 1 aromatic carbocycles. The van der Waals surface area contributed by atoms with Crippen LogP contribution in [0.4, 0.5) is 4.39 Å². The van der Waals surface area contributed by atoms with Crippen molar-refractivity contribution in [1.29, 1.82) is 0 Å². The van der Waals surface area contributed by atoms with Gasteiger partial charge < -0.3 is 14.8 Å². The van der Waals surface area contributed by atoms with E-state index in [0.29, 0.717) is 17.5 Å². The lowest BCUT2D eigenvalue weighted by Gasteiger charge is -2.19. The maximum Gasteiger partial charge on any atom is 0.254 e. The standard InChI is InChI=1S/C18H24FN3O2/c1-12-9-13-14(11-16(23)20-17(13)15(19)10-12)18(24)22(4)8-6-5-7-21(2)3/h9-11H,5-8H2,1-4H3,(H,20,23). The number of aryl methyl sites for hydroxylation is 1. The Balaban J connectivity index is 2.27. The Morgan fingerprint density at radius 3 is 2.46 bits per heavy atom. The van der Waals surface area contributed by atoms with Crippen LogP contribution in [0.5, 0.6) is 0 Å². The fourth-order valence-corrected chi connectivity index (χ4v) is 2.71. The third-order valence-corrected chi connectivity index (χ3v) is 3.97. The largest absolute Gasteiger partial charge is 0.342 e. The molecule has 2 aromatic rings. The van der Waals surface area contributed by atoms with Gasteiger partial charge in [0.15, 0.2) is 0 Å². The summed E-state index contributed by atoms with van der Waals surface area (Å²) < 4.78 is 14.1.